The highest BCUT2D eigenvalue weighted by molar-refractivity contribution is 5.95. The standard InChI is InChI=1S/C19H18F3N3O2/c20-19(21,22)15-5-1-2-6-16(15)24-17(26)13-7-10-25(11-8-13)18(27)14-4-3-9-23-12-14/h1-6,9,12-13H,7-8,10-11H2,(H,24,26). The lowest BCUT2D eigenvalue weighted by Crippen LogP contribution is -2.41. The summed E-state index contributed by atoms with van der Waals surface area (Å²) in [7, 11) is 0. The number of piperidine rings is 1. The number of anilines is 1. The Hall–Kier alpha value is -2.90. The van der Waals surface area contributed by atoms with Crippen LogP contribution < -0.4 is 5.32 Å². The SMILES string of the molecule is O=C(Nc1ccccc1C(F)(F)F)C1CCN(C(=O)c2cccnc2)CC1. The molecule has 1 aromatic heterocycles. The molecule has 0 aliphatic carbocycles. The molecule has 1 saturated heterocycles. The van der Waals surface area contributed by atoms with Crippen LogP contribution in [0, 0.1) is 5.92 Å². The van der Waals surface area contributed by atoms with Gasteiger partial charge in [0.25, 0.3) is 5.91 Å². The minimum absolute atomic E-state index is 0.163. The van der Waals surface area contributed by atoms with Crippen LogP contribution in [0.4, 0.5) is 18.9 Å². The van der Waals surface area contributed by atoms with Crippen LogP contribution in [-0.2, 0) is 11.0 Å². The quantitative estimate of drug-likeness (QED) is 0.889. The molecule has 1 aromatic carbocycles. The van der Waals surface area contributed by atoms with Gasteiger partial charge in [-0.3, -0.25) is 14.6 Å². The molecule has 3 rings (SSSR count). The molecular weight excluding hydrogens is 359 g/mol. The van der Waals surface area contributed by atoms with E-state index in [1.165, 1.54) is 24.4 Å². The molecule has 1 N–H and O–H groups in total. The van der Waals surface area contributed by atoms with Gasteiger partial charge in [0.2, 0.25) is 5.91 Å². The molecule has 0 atom stereocenters. The van der Waals surface area contributed by atoms with Gasteiger partial charge >= 0.3 is 6.18 Å². The summed E-state index contributed by atoms with van der Waals surface area (Å²) in [6.45, 7) is 0.736. The second-order valence-corrected chi connectivity index (χ2v) is 6.34. The Morgan fingerprint density at radius 2 is 1.78 bits per heavy atom. The van der Waals surface area contributed by atoms with Gasteiger partial charge in [-0.2, -0.15) is 13.2 Å². The molecule has 1 aliphatic rings. The topological polar surface area (TPSA) is 62.3 Å². The van der Waals surface area contributed by atoms with E-state index in [0.29, 0.717) is 31.5 Å². The van der Waals surface area contributed by atoms with Crippen LogP contribution in [0.15, 0.2) is 48.8 Å². The first-order valence-electron chi connectivity index (χ1n) is 8.52. The van der Waals surface area contributed by atoms with Crippen LogP contribution in [0.3, 0.4) is 0 Å². The molecule has 8 heteroatoms. The number of nitrogens with zero attached hydrogens (tertiary/aromatic N) is 2. The zero-order valence-electron chi connectivity index (χ0n) is 14.4. The van der Waals surface area contributed by atoms with Gasteiger partial charge in [0.1, 0.15) is 0 Å². The van der Waals surface area contributed by atoms with Gasteiger partial charge in [-0.05, 0) is 37.1 Å². The third-order valence-electron chi connectivity index (χ3n) is 4.55. The van der Waals surface area contributed by atoms with Crippen molar-refractivity contribution in [3.05, 3.63) is 59.9 Å². The minimum Gasteiger partial charge on any atom is -0.339 e. The predicted octanol–water partition coefficient (Wildman–Crippen LogP) is 3.59. The number of pyridine rings is 1. The molecule has 142 valence electrons. The average molecular weight is 377 g/mol. The molecule has 0 spiro atoms. The van der Waals surface area contributed by atoms with Crippen molar-refractivity contribution < 1.29 is 22.8 Å². The van der Waals surface area contributed by atoms with Gasteiger partial charge < -0.3 is 10.2 Å². The largest absolute Gasteiger partial charge is 0.418 e. The molecule has 0 radical (unpaired) electrons. The summed E-state index contributed by atoms with van der Waals surface area (Å²) in [4.78, 5) is 30.3. The van der Waals surface area contributed by atoms with Crippen molar-refractivity contribution in [1.82, 2.24) is 9.88 Å². The number of hydrogen-bond acceptors (Lipinski definition) is 3. The zero-order chi connectivity index (χ0) is 19.4. The van der Waals surface area contributed by atoms with E-state index in [2.05, 4.69) is 10.3 Å². The number of carbonyl (C=O) groups is 2. The smallest absolute Gasteiger partial charge is 0.339 e. The predicted molar refractivity (Wildman–Crippen MR) is 92.9 cm³/mol. The van der Waals surface area contributed by atoms with E-state index in [0.717, 1.165) is 6.07 Å². The van der Waals surface area contributed by atoms with E-state index in [4.69, 9.17) is 0 Å². The number of likely N-dealkylation sites (tertiary alicyclic amines) is 1. The van der Waals surface area contributed by atoms with Crippen molar-refractivity contribution >= 4 is 17.5 Å². The number of amides is 2. The molecule has 2 amide bonds. The third-order valence-corrected chi connectivity index (χ3v) is 4.55. The average Bonchev–Trinajstić information content (AvgIpc) is 2.68. The Kier molecular flexibility index (Phi) is 5.43. The lowest BCUT2D eigenvalue weighted by Gasteiger charge is -2.31. The zero-order valence-corrected chi connectivity index (χ0v) is 14.4. The molecular formula is C19H18F3N3O2. The van der Waals surface area contributed by atoms with Crippen LogP contribution in [0.2, 0.25) is 0 Å². The van der Waals surface area contributed by atoms with Crippen LogP contribution >= 0.6 is 0 Å². The van der Waals surface area contributed by atoms with E-state index in [9.17, 15) is 22.8 Å². The second kappa shape index (κ2) is 7.77. The Labute approximate surface area is 154 Å². The first-order valence-corrected chi connectivity index (χ1v) is 8.52. The number of alkyl halides is 3. The highest BCUT2D eigenvalue weighted by atomic mass is 19.4. The van der Waals surface area contributed by atoms with Crippen molar-refractivity contribution in [2.24, 2.45) is 5.92 Å². The summed E-state index contributed by atoms with van der Waals surface area (Å²) in [5.41, 5.74) is -0.647. The van der Waals surface area contributed by atoms with Gasteiger partial charge in [0.15, 0.2) is 0 Å². The summed E-state index contributed by atoms with van der Waals surface area (Å²) >= 11 is 0. The lowest BCUT2D eigenvalue weighted by molar-refractivity contribution is -0.137. The molecule has 2 aromatic rings. The van der Waals surface area contributed by atoms with Crippen molar-refractivity contribution in [2.75, 3.05) is 18.4 Å². The number of carbonyl (C=O) groups excluding carboxylic acids is 2. The van der Waals surface area contributed by atoms with Crippen LogP contribution in [0.5, 0.6) is 0 Å². The van der Waals surface area contributed by atoms with Gasteiger partial charge in [-0.1, -0.05) is 12.1 Å². The van der Waals surface area contributed by atoms with Gasteiger partial charge in [-0.25, -0.2) is 0 Å². The molecule has 2 heterocycles. The van der Waals surface area contributed by atoms with Crippen LogP contribution in [-0.4, -0.2) is 34.8 Å². The molecule has 27 heavy (non-hydrogen) atoms. The monoisotopic (exact) mass is 377 g/mol. The molecule has 1 fully saturated rings. The number of benzene rings is 1. The van der Waals surface area contributed by atoms with Crippen molar-refractivity contribution in [3.63, 3.8) is 0 Å². The summed E-state index contributed by atoms with van der Waals surface area (Å²) < 4.78 is 39.1. The highest BCUT2D eigenvalue weighted by Gasteiger charge is 2.34. The fourth-order valence-electron chi connectivity index (χ4n) is 3.09. The number of para-hydroxylation sites is 1. The van der Waals surface area contributed by atoms with E-state index < -0.39 is 23.6 Å². The number of aromatic nitrogens is 1. The van der Waals surface area contributed by atoms with Gasteiger partial charge in [0.05, 0.1) is 16.8 Å². The summed E-state index contributed by atoms with van der Waals surface area (Å²) in [5.74, 6) is -1.06. The first kappa shape index (κ1) is 18.9. The Bertz CT molecular complexity index is 816. The van der Waals surface area contributed by atoms with E-state index in [1.54, 1.807) is 23.2 Å². The highest BCUT2D eigenvalue weighted by Crippen LogP contribution is 2.35. The van der Waals surface area contributed by atoms with Crippen LogP contribution in [0.25, 0.3) is 0 Å². The van der Waals surface area contributed by atoms with E-state index in [1.807, 2.05) is 0 Å². The maximum Gasteiger partial charge on any atom is 0.418 e. The molecule has 5 nitrogen and oxygen atoms in total. The van der Waals surface area contributed by atoms with Crippen molar-refractivity contribution in [3.8, 4) is 0 Å². The number of rotatable bonds is 3. The summed E-state index contributed by atoms with van der Waals surface area (Å²) in [5, 5.41) is 2.39. The normalized spacial score (nSPS) is 15.4. The number of nitrogens with one attached hydrogen (secondary N) is 1. The Balaban J connectivity index is 1.61. The molecule has 1 aliphatic heterocycles. The fraction of sp³-hybridized carbons (Fsp3) is 0.316. The van der Waals surface area contributed by atoms with Gasteiger partial charge in [0, 0.05) is 31.4 Å². The lowest BCUT2D eigenvalue weighted by atomic mass is 9.95. The number of hydrogen-bond donors (Lipinski definition) is 1. The molecule has 0 saturated carbocycles. The third kappa shape index (κ3) is 4.45. The maximum absolute atomic E-state index is 13.0. The van der Waals surface area contributed by atoms with E-state index in [-0.39, 0.29) is 11.6 Å². The van der Waals surface area contributed by atoms with Crippen LogP contribution in [0.1, 0.15) is 28.8 Å². The van der Waals surface area contributed by atoms with E-state index >= 15 is 0 Å². The summed E-state index contributed by atoms with van der Waals surface area (Å²) in [6.07, 6.45) is -0.692. The second-order valence-electron chi connectivity index (χ2n) is 6.34. The fourth-order valence-corrected chi connectivity index (χ4v) is 3.09. The first-order chi connectivity index (χ1) is 12.9. The minimum atomic E-state index is -4.54. The van der Waals surface area contributed by atoms with Crippen molar-refractivity contribution in [2.45, 2.75) is 19.0 Å². The molecule has 0 bridgehead atoms. The molecule has 0 unspecified atom stereocenters. The van der Waals surface area contributed by atoms with Gasteiger partial charge in [-0.15, -0.1) is 0 Å². The Morgan fingerprint density at radius 1 is 1.07 bits per heavy atom. The number of halogens is 3. The summed E-state index contributed by atoms with van der Waals surface area (Å²) in [6, 6.07) is 8.24. The van der Waals surface area contributed by atoms with Crippen molar-refractivity contribution in [1.29, 1.82) is 0 Å². The Morgan fingerprint density at radius 3 is 2.41 bits per heavy atom. The maximum atomic E-state index is 13.0.